The molecule has 0 spiro atoms. The Hall–Kier alpha value is -3.36. The summed E-state index contributed by atoms with van der Waals surface area (Å²) in [5.41, 5.74) is 3.36. The van der Waals surface area contributed by atoms with E-state index in [1.807, 2.05) is 0 Å². The molecule has 0 unspecified atom stereocenters. The van der Waals surface area contributed by atoms with E-state index in [9.17, 15) is 9.59 Å². The van der Waals surface area contributed by atoms with Crippen molar-refractivity contribution in [1.29, 1.82) is 0 Å². The monoisotopic (exact) mass is 516 g/mol. The van der Waals surface area contributed by atoms with Crippen molar-refractivity contribution in [2.45, 2.75) is 0 Å². The fraction of sp³-hybridized carbons (Fsp3) is 0.0870. The Morgan fingerprint density at radius 3 is 2.47 bits per heavy atom. The summed E-state index contributed by atoms with van der Waals surface area (Å²) in [4.78, 5) is 24.1. The molecule has 0 aliphatic carbocycles. The average Bonchev–Trinajstić information content (AvgIpc) is 2.79. The highest BCUT2D eigenvalue weighted by Crippen LogP contribution is 2.29. The van der Waals surface area contributed by atoms with E-state index in [1.165, 1.54) is 6.21 Å². The number of nitrogens with zero attached hydrogens (tertiary/aromatic N) is 1. The number of hydrogen-bond acceptors (Lipinski definition) is 6. The van der Waals surface area contributed by atoms with Gasteiger partial charge < -0.3 is 14.2 Å². The van der Waals surface area contributed by atoms with Crippen LogP contribution in [0.2, 0.25) is 5.02 Å². The summed E-state index contributed by atoms with van der Waals surface area (Å²) in [7, 11) is 1.56. The van der Waals surface area contributed by atoms with E-state index < -0.39 is 11.9 Å². The van der Waals surface area contributed by atoms with Crippen molar-refractivity contribution in [1.82, 2.24) is 5.43 Å². The third-order valence-corrected chi connectivity index (χ3v) is 5.03. The molecule has 32 heavy (non-hydrogen) atoms. The van der Waals surface area contributed by atoms with Gasteiger partial charge in [0, 0.05) is 0 Å². The van der Waals surface area contributed by atoms with E-state index in [0.717, 1.165) is 0 Å². The average molecular weight is 518 g/mol. The molecule has 9 heteroatoms. The summed E-state index contributed by atoms with van der Waals surface area (Å²) in [6, 6.07) is 18.4. The Kier molecular flexibility index (Phi) is 8.24. The number of rotatable bonds is 8. The van der Waals surface area contributed by atoms with Crippen molar-refractivity contribution in [2.24, 2.45) is 5.10 Å². The second-order valence-electron chi connectivity index (χ2n) is 6.32. The van der Waals surface area contributed by atoms with Crippen LogP contribution < -0.4 is 19.6 Å². The summed E-state index contributed by atoms with van der Waals surface area (Å²) >= 11 is 9.36. The number of hydrogen-bond donors (Lipinski definition) is 1. The number of carbonyl (C=O) groups excluding carboxylic acids is 2. The highest BCUT2D eigenvalue weighted by molar-refractivity contribution is 9.10. The molecule has 7 nitrogen and oxygen atoms in total. The first-order valence-electron chi connectivity index (χ1n) is 9.31. The van der Waals surface area contributed by atoms with Crippen molar-refractivity contribution in [3.63, 3.8) is 0 Å². The minimum Gasteiger partial charge on any atom is -0.497 e. The molecule has 0 aliphatic heterocycles. The zero-order valence-corrected chi connectivity index (χ0v) is 19.2. The Morgan fingerprint density at radius 2 is 1.78 bits per heavy atom. The minimum atomic E-state index is -0.548. The lowest BCUT2D eigenvalue weighted by Crippen LogP contribution is -2.24. The number of esters is 1. The standard InChI is InChI=1S/C23H18BrClN2O5/c1-30-17-10-11-21(19(24)12-17)31-14-22(28)27-26-13-15-6-8-16(9-7-15)32-23(29)18-4-2-3-5-20(18)25/h2-13H,14H2,1H3,(H,27,28). The van der Waals surface area contributed by atoms with Crippen LogP contribution in [0.25, 0.3) is 0 Å². The first-order chi connectivity index (χ1) is 15.5. The van der Waals surface area contributed by atoms with Crippen molar-refractivity contribution in [3.05, 3.63) is 87.4 Å². The summed E-state index contributed by atoms with van der Waals surface area (Å²) in [5.74, 6) is 0.561. The van der Waals surface area contributed by atoms with E-state index in [-0.39, 0.29) is 12.2 Å². The molecule has 0 aliphatic rings. The molecular formula is C23H18BrClN2O5. The van der Waals surface area contributed by atoms with Gasteiger partial charge in [0.2, 0.25) is 0 Å². The molecule has 0 aromatic heterocycles. The molecule has 3 rings (SSSR count). The van der Waals surface area contributed by atoms with Gasteiger partial charge in [-0.25, -0.2) is 10.2 Å². The van der Waals surface area contributed by atoms with Gasteiger partial charge in [-0.2, -0.15) is 5.10 Å². The van der Waals surface area contributed by atoms with E-state index in [2.05, 4.69) is 26.5 Å². The number of nitrogens with one attached hydrogen (secondary N) is 1. The quantitative estimate of drug-likeness (QED) is 0.200. The van der Waals surface area contributed by atoms with Crippen molar-refractivity contribution >= 4 is 45.6 Å². The Bertz CT molecular complexity index is 1140. The zero-order chi connectivity index (χ0) is 22.9. The molecule has 1 amide bonds. The molecule has 164 valence electrons. The van der Waals surface area contributed by atoms with Crippen LogP contribution in [0.1, 0.15) is 15.9 Å². The lowest BCUT2D eigenvalue weighted by Gasteiger charge is -2.08. The van der Waals surface area contributed by atoms with Gasteiger partial charge in [0.25, 0.3) is 5.91 Å². The summed E-state index contributed by atoms with van der Waals surface area (Å²) in [6.07, 6.45) is 1.46. The maximum atomic E-state index is 12.2. The lowest BCUT2D eigenvalue weighted by molar-refractivity contribution is -0.123. The second-order valence-corrected chi connectivity index (χ2v) is 7.58. The molecular weight excluding hydrogens is 500 g/mol. The number of halogens is 2. The number of hydrazone groups is 1. The third-order valence-electron chi connectivity index (χ3n) is 4.09. The first-order valence-corrected chi connectivity index (χ1v) is 10.5. The number of carbonyl (C=O) groups is 2. The molecule has 1 N–H and O–H groups in total. The van der Waals surface area contributed by atoms with Gasteiger partial charge in [-0.1, -0.05) is 23.7 Å². The highest BCUT2D eigenvalue weighted by Gasteiger charge is 2.12. The van der Waals surface area contributed by atoms with Crippen LogP contribution in [0.3, 0.4) is 0 Å². The minimum absolute atomic E-state index is 0.209. The van der Waals surface area contributed by atoms with Gasteiger partial charge in [-0.15, -0.1) is 0 Å². The SMILES string of the molecule is COc1ccc(OCC(=O)NN=Cc2ccc(OC(=O)c3ccccc3Cl)cc2)c(Br)c1. The van der Waals surface area contributed by atoms with Crippen LogP contribution in [0.4, 0.5) is 0 Å². The highest BCUT2D eigenvalue weighted by atomic mass is 79.9. The Morgan fingerprint density at radius 1 is 1.06 bits per heavy atom. The molecule has 0 heterocycles. The molecule has 0 atom stereocenters. The Labute approximate surface area is 198 Å². The van der Waals surface area contributed by atoms with Crippen LogP contribution in [0, 0.1) is 0 Å². The molecule has 0 fully saturated rings. The fourth-order valence-corrected chi connectivity index (χ4v) is 3.18. The van der Waals surface area contributed by atoms with E-state index in [1.54, 1.807) is 73.8 Å². The molecule has 3 aromatic carbocycles. The largest absolute Gasteiger partial charge is 0.497 e. The summed E-state index contributed by atoms with van der Waals surface area (Å²) in [6.45, 7) is -0.209. The van der Waals surface area contributed by atoms with Crippen LogP contribution in [0.15, 0.2) is 76.3 Å². The lowest BCUT2D eigenvalue weighted by atomic mass is 10.2. The maximum absolute atomic E-state index is 12.2. The zero-order valence-electron chi connectivity index (χ0n) is 16.9. The van der Waals surface area contributed by atoms with Crippen LogP contribution in [-0.2, 0) is 4.79 Å². The summed E-state index contributed by atoms with van der Waals surface area (Å²) < 4.78 is 16.5. The summed E-state index contributed by atoms with van der Waals surface area (Å²) in [5, 5.41) is 4.21. The van der Waals surface area contributed by atoms with Gasteiger partial charge >= 0.3 is 5.97 Å². The second kappa shape index (κ2) is 11.3. The number of methoxy groups -OCH3 is 1. The van der Waals surface area contributed by atoms with Crippen molar-refractivity contribution < 1.29 is 23.8 Å². The molecule has 0 radical (unpaired) electrons. The normalized spacial score (nSPS) is 10.6. The van der Waals surface area contributed by atoms with Crippen LogP contribution in [-0.4, -0.2) is 31.8 Å². The van der Waals surface area contributed by atoms with E-state index in [4.69, 9.17) is 25.8 Å². The number of benzene rings is 3. The van der Waals surface area contributed by atoms with Gasteiger partial charge in [0.15, 0.2) is 6.61 Å². The Balaban J connectivity index is 1.47. The topological polar surface area (TPSA) is 86.2 Å². The van der Waals surface area contributed by atoms with E-state index >= 15 is 0 Å². The van der Waals surface area contributed by atoms with Gasteiger partial charge in [0.05, 0.1) is 28.4 Å². The molecule has 3 aromatic rings. The predicted molar refractivity (Wildman–Crippen MR) is 125 cm³/mol. The maximum Gasteiger partial charge on any atom is 0.345 e. The van der Waals surface area contributed by atoms with Crippen molar-refractivity contribution in [3.8, 4) is 17.2 Å². The molecule has 0 saturated heterocycles. The number of amides is 1. The predicted octanol–water partition coefficient (Wildman–Crippen LogP) is 4.86. The fourth-order valence-electron chi connectivity index (χ4n) is 2.49. The molecule has 0 saturated carbocycles. The first kappa shape index (κ1) is 23.3. The third kappa shape index (κ3) is 6.57. The van der Waals surface area contributed by atoms with Crippen molar-refractivity contribution in [2.75, 3.05) is 13.7 Å². The van der Waals surface area contributed by atoms with Gasteiger partial charge in [0.1, 0.15) is 17.2 Å². The number of ether oxygens (including phenoxy) is 3. The van der Waals surface area contributed by atoms with Crippen LogP contribution >= 0.6 is 27.5 Å². The van der Waals surface area contributed by atoms with Gasteiger partial charge in [-0.3, -0.25) is 4.79 Å². The smallest absolute Gasteiger partial charge is 0.345 e. The molecule has 0 bridgehead atoms. The van der Waals surface area contributed by atoms with Gasteiger partial charge in [-0.05, 0) is 76.1 Å². The van der Waals surface area contributed by atoms with E-state index in [0.29, 0.717) is 32.3 Å². The van der Waals surface area contributed by atoms with Crippen LogP contribution in [0.5, 0.6) is 17.2 Å².